The summed E-state index contributed by atoms with van der Waals surface area (Å²) in [4.78, 5) is 24.0. The van der Waals surface area contributed by atoms with E-state index >= 15 is 0 Å². The summed E-state index contributed by atoms with van der Waals surface area (Å²) in [5.41, 5.74) is 3.08. The van der Waals surface area contributed by atoms with Gasteiger partial charge in [-0.1, -0.05) is 24.3 Å². The lowest BCUT2D eigenvalue weighted by atomic mass is 10.1. The standard InChI is InChI=1S/C24H19N3O4/c1-31-20-12-10-16(11-13-20)22-15-21(26-27(22)19-8-3-2-4-9-19)23(28)25-18-7-5-6-17(14-18)24(29)30/h2-15H,1H3,(H,25,28)(H,29,30). The predicted molar refractivity (Wildman–Crippen MR) is 117 cm³/mol. The third kappa shape index (κ3) is 4.30. The number of amides is 1. The molecule has 0 saturated carbocycles. The van der Waals surface area contributed by atoms with Gasteiger partial charge in [0.25, 0.3) is 5.91 Å². The molecule has 1 amide bonds. The smallest absolute Gasteiger partial charge is 0.335 e. The number of para-hydroxylation sites is 1. The topological polar surface area (TPSA) is 93.4 Å². The largest absolute Gasteiger partial charge is 0.497 e. The van der Waals surface area contributed by atoms with Crippen LogP contribution in [0.15, 0.2) is 84.9 Å². The summed E-state index contributed by atoms with van der Waals surface area (Å²) in [7, 11) is 1.60. The third-order valence-electron chi connectivity index (χ3n) is 4.70. The number of nitrogens with zero attached hydrogens (tertiary/aromatic N) is 2. The number of aromatic carboxylic acids is 1. The summed E-state index contributed by atoms with van der Waals surface area (Å²) in [5.74, 6) is -0.774. The lowest BCUT2D eigenvalue weighted by Crippen LogP contribution is -2.13. The summed E-state index contributed by atoms with van der Waals surface area (Å²) < 4.78 is 6.93. The molecule has 1 aromatic heterocycles. The first kappa shape index (κ1) is 19.9. The number of aromatic nitrogens is 2. The highest BCUT2D eigenvalue weighted by molar-refractivity contribution is 6.04. The average molecular weight is 413 g/mol. The molecule has 0 unspecified atom stereocenters. The van der Waals surface area contributed by atoms with Crippen molar-refractivity contribution < 1.29 is 19.4 Å². The second kappa shape index (κ2) is 8.54. The molecule has 1 heterocycles. The summed E-state index contributed by atoms with van der Waals surface area (Å²) in [6.45, 7) is 0. The van der Waals surface area contributed by atoms with Crippen molar-refractivity contribution in [2.45, 2.75) is 0 Å². The summed E-state index contributed by atoms with van der Waals surface area (Å²) in [5, 5.41) is 16.4. The van der Waals surface area contributed by atoms with E-state index < -0.39 is 11.9 Å². The van der Waals surface area contributed by atoms with Crippen molar-refractivity contribution in [3.63, 3.8) is 0 Å². The van der Waals surface area contributed by atoms with Crippen LogP contribution in [0.1, 0.15) is 20.8 Å². The van der Waals surface area contributed by atoms with Gasteiger partial charge >= 0.3 is 5.97 Å². The molecular weight excluding hydrogens is 394 g/mol. The predicted octanol–water partition coefficient (Wildman–Crippen LogP) is 4.50. The molecule has 0 aliphatic rings. The van der Waals surface area contributed by atoms with Crippen molar-refractivity contribution in [1.82, 2.24) is 9.78 Å². The van der Waals surface area contributed by atoms with Gasteiger partial charge in [-0.25, -0.2) is 9.48 Å². The second-order valence-corrected chi connectivity index (χ2v) is 6.73. The minimum absolute atomic E-state index is 0.0894. The molecule has 4 rings (SSSR count). The van der Waals surface area contributed by atoms with Crippen LogP contribution >= 0.6 is 0 Å². The van der Waals surface area contributed by atoms with Crippen molar-refractivity contribution in [3.05, 3.63) is 96.2 Å². The van der Waals surface area contributed by atoms with Gasteiger partial charge in [0.15, 0.2) is 5.69 Å². The number of anilines is 1. The second-order valence-electron chi connectivity index (χ2n) is 6.73. The maximum Gasteiger partial charge on any atom is 0.335 e. The first-order valence-electron chi connectivity index (χ1n) is 9.50. The number of methoxy groups -OCH3 is 1. The number of hydrogen-bond donors (Lipinski definition) is 2. The zero-order chi connectivity index (χ0) is 21.8. The van der Waals surface area contributed by atoms with Crippen LogP contribution in [0.5, 0.6) is 5.75 Å². The normalized spacial score (nSPS) is 10.5. The number of carboxylic acids is 1. The van der Waals surface area contributed by atoms with Gasteiger partial charge in [-0.2, -0.15) is 5.10 Å². The van der Waals surface area contributed by atoms with Gasteiger partial charge in [0, 0.05) is 11.3 Å². The molecule has 7 heteroatoms. The van der Waals surface area contributed by atoms with E-state index in [9.17, 15) is 9.59 Å². The van der Waals surface area contributed by atoms with Crippen LogP contribution in [-0.2, 0) is 0 Å². The first-order chi connectivity index (χ1) is 15.0. The van der Waals surface area contributed by atoms with Gasteiger partial charge in [0.2, 0.25) is 0 Å². The molecule has 154 valence electrons. The number of carbonyl (C=O) groups is 2. The number of nitrogens with one attached hydrogen (secondary N) is 1. The summed E-state index contributed by atoms with van der Waals surface area (Å²) in [6, 6.07) is 24.7. The maximum atomic E-state index is 12.9. The highest BCUT2D eigenvalue weighted by Crippen LogP contribution is 2.26. The van der Waals surface area contributed by atoms with Crippen molar-refractivity contribution >= 4 is 17.6 Å². The Kier molecular flexibility index (Phi) is 5.49. The fraction of sp³-hybridized carbons (Fsp3) is 0.0417. The lowest BCUT2D eigenvalue weighted by molar-refractivity contribution is 0.0696. The zero-order valence-corrected chi connectivity index (χ0v) is 16.6. The molecule has 0 radical (unpaired) electrons. The molecule has 0 aliphatic carbocycles. The van der Waals surface area contributed by atoms with Crippen molar-refractivity contribution in [2.75, 3.05) is 12.4 Å². The van der Waals surface area contributed by atoms with E-state index in [0.717, 1.165) is 22.7 Å². The minimum atomic E-state index is -1.06. The Morgan fingerprint density at radius 3 is 2.35 bits per heavy atom. The number of hydrogen-bond acceptors (Lipinski definition) is 4. The molecule has 0 bridgehead atoms. The van der Waals surface area contributed by atoms with E-state index in [0.29, 0.717) is 5.69 Å². The van der Waals surface area contributed by atoms with Gasteiger partial charge in [-0.3, -0.25) is 4.79 Å². The van der Waals surface area contributed by atoms with Gasteiger partial charge in [0.1, 0.15) is 5.75 Å². The molecule has 0 fully saturated rings. The first-order valence-corrected chi connectivity index (χ1v) is 9.50. The maximum absolute atomic E-state index is 12.9. The fourth-order valence-corrected chi connectivity index (χ4v) is 3.15. The average Bonchev–Trinajstić information content (AvgIpc) is 3.25. The quantitative estimate of drug-likeness (QED) is 0.486. The molecule has 0 aliphatic heterocycles. The highest BCUT2D eigenvalue weighted by atomic mass is 16.5. The number of carboxylic acid groups (broad SMARTS) is 1. The Bertz CT molecular complexity index is 1230. The zero-order valence-electron chi connectivity index (χ0n) is 16.6. The molecule has 31 heavy (non-hydrogen) atoms. The Morgan fingerprint density at radius 1 is 0.935 bits per heavy atom. The lowest BCUT2D eigenvalue weighted by Gasteiger charge is -2.08. The van der Waals surface area contributed by atoms with Crippen LogP contribution in [0.4, 0.5) is 5.69 Å². The number of ether oxygens (including phenoxy) is 1. The SMILES string of the molecule is COc1ccc(-c2cc(C(=O)Nc3cccc(C(=O)O)c3)nn2-c2ccccc2)cc1. The van der Waals surface area contributed by atoms with Crippen molar-refractivity contribution in [3.8, 4) is 22.7 Å². The van der Waals surface area contributed by atoms with E-state index in [4.69, 9.17) is 9.84 Å². The monoisotopic (exact) mass is 413 g/mol. The van der Waals surface area contributed by atoms with E-state index in [1.807, 2.05) is 54.6 Å². The molecular formula is C24H19N3O4. The van der Waals surface area contributed by atoms with Crippen LogP contribution in [0.2, 0.25) is 0 Å². The number of rotatable bonds is 6. The van der Waals surface area contributed by atoms with E-state index in [1.165, 1.54) is 12.1 Å². The molecule has 0 spiro atoms. The van der Waals surface area contributed by atoms with E-state index in [1.54, 1.807) is 30.0 Å². The van der Waals surface area contributed by atoms with Gasteiger partial charge < -0.3 is 15.2 Å². The van der Waals surface area contributed by atoms with E-state index in [2.05, 4.69) is 10.4 Å². The van der Waals surface area contributed by atoms with Gasteiger partial charge in [-0.05, 0) is 60.7 Å². The van der Waals surface area contributed by atoms with Crippen LogP contribution in [0, 0.1) is 0 Å². The van der Waals surface area contributed by atoms with Gasteiger partial charge in [-0.15, -0.1) is 0 Å². The molecule has 4 aromatic rings. The van der Waals surface area contributed by atoms with Crippen molar-refractivity contribution in [2.24, 2.45) is 0 Å². The van der Waals surface area contributed by atoms with Gasteiger partial charge in [0.05, 0.1) is 24.1 Å². The Morgan fingerprint density at radius 2 is 1.68 bits per heavy atom. The number of benzene rings is 3. The Balaban J connectivity index is 1.71. The van der Waals surface area contributed by atoms with Crippen LogP contribution in [-0.4, -0.2) is 33.9 Å². The van der Waals surface area contributed by atoms with Crippen molar-refractivity contribution in [1.29, 1.82) is 0 Å². The molecule has 0 atom stereocenters. The Labute approximate surface area is 178 Å². The summed E-state index contributed by atoms with van der Waals surface area (Å²) >= 11 is 0. The molecule has 7 nitrogen and oxygen atoms in total. The highest BCUT2D eigenvalue weighted by Gasteiger charge is 2.17. The van der Waals surface area contributed by atoms with Crippen LogP contribution in [0.25, 0.3) is 16.9 Å². The third-order valence-corrected chi connectivity index (χ3v) is 4.70. The Hall–Kier alpha value is -4.39. The molecule has 3 aromatic carbocycles. The van der Waals surface area contributed by atoms with Crippen LogP contribution in [0.3, 0.4) is 0 Å². The summed E-state index contributed by atoms with van der Waals surface area (Å²) in [6.07, 6.45) is 0. The van der Waals surface area contributed by atoms with Crippen LogP contribution < -0.4 is 10.1 Å². The molecule has 0 saturated heterocycles. The fourth-order valence-electron chi connectivity index (χ4n) is 3.15. The minimum Gasteiger partial charge on any atom is -0.497 e. The molecule has 2 N–H and O–H groups in total. The van der Waals surface area contributed by atoms with E-state index in [-0.39, 0.29) is 11.3 Å². The number of carbonyl (C=O) groups excluding carboxylic acids is 1.